The molecule has 0 amide bonds. The van der Waals surface area contributed by atoms with Crippen LogP contribution in [-0.2, 0) is 0 Å². The molecule has 0 aliphatic rings. The highest BCUT2D eigenvalue weighted by atomic mass is 19.4. The first kappa shape index (κ1) is 10.9. The second kappa shape index (κ2) is 3.90. The molecule has 78 valence electrons. The summed E-state index contributed by atoms with van der Waals surface area (Å²) in [6, 6.07) is 3.77. The van der Waals surface area contributed by atoms with Crippen LogP contribution >= 0.6 is 0 Å². The van der Waals surface area contributed by atoms with Gasteiger partial charge in [0.15, 0.2) is 11.6 Å². The van der Waals surface area contributed by atoms with E-state index < -0.39 is 19.3 Å². The Hall–Kier alpha value is -1.20. The molecule has 0 N–H and O–H groups in total. The van der Waals surface area contributed by atoms with Crippen LogP contribution in [0.4, 0.5) is 17.3 Å². The van der Waals surface area contributed by atoms with Crippen LogP contribution in [0.25, 0.3) is 0 Å². The van der Waals surface area contributed by atoms with E-state index in [9.17, 15) is 17.3 Å². The number of ether oxygens (including phenoxy) is 1. The number of rotatable bonds is 3. The Kier molecular flexibility index (Phi) is 3.03. The first-order valence-corrected chi connectivity index (χ1v) is 3.98. The van der Waals surface area contributed by atoms with Crippen molar-refractivity contribution >= 4 is 6.98 Å². The molecule has 14 heavy (non-hydrogen) atoms. The molecule has 0 fully saturated rings. The van der Waals surface area contributed by atoms with Crippen molar-refractivity contribution in [3.8, 4) is 5.75 Å². The number of hydrogen-bond donors (Lipinski definition) is 0. The molecule has 1 rings (SSSR count). The fraction of sp³-hybridized carbons (Fsp3) is 0.250. The summed E-state index contributed by atoms with van der Waals surface area (Å²) < 4.78 is 52.5. The molecule has 0 saturated carbocycles. The van der Waals surface area contributed by atoms with E-state index in [0.717, 1.165) is 6.07 Å². The maximum absolute atomic E-state index is 12.9. The van der Waals surface area contributed by atoms with Crippen molar-refractivity contribution in [2.24, 2.45) is 0 Å². The fourth-order valence-corrected chi connectivity index (χ4v) is 0.905. The maximum Gasteiger partial charge on any atom is 0.515 e. The van der Waals surface area contributed by atoms with Crippen molar-refractivity contribution in [2.45, 2.75) is 6.92 Å². The lowest BCUT2D eigenvalue weighted by Gasteiger charge is -2.15. The molecule has 1 nitrogen and oxygen atoms in total. The minimum atomic E-state index is -5.04. The molecule has 6 heteroatoms. The van der Waals surface area contributed by atoms with Gasteiger partial charge in [-0.1, -0.05) is 6.07 Å². The second-order valence-corrected chi connectivity index (χ2v) is 2.96. The Bertz CT molecular complexity index is 324. The summed E-state index contributed by atoms with van der Waals surface area (Å²) in [5, 5.41) is 0. The summed E-state index contributed by atoms with van der Waals surface area (Å²) >= 11 is 0. The largest absolute Gasteiger partial charge is 0.519 e. The molecule has 1 aromatic carbocycles. The average molecular weight is 207 g/mol. The Morgan fingerprint density at radius 3 is 2.50 bits per heavy atom. The summed E-state index contributed by atoms with van der Waals surface area (Å²) in [4.78, 5) is 0. The smallest absolute Gasteiger partial charge is 0.515 e. The van der Waals surface area contributed by atoms with Gasteiger partial charge in [0, 0.05) is 0 Å². The molecule has 0 aromatic heterocycles. The molecule has 0 atom stereocenters. The molecule has 0 unspecified atom stereocenters. The van der Waals surface area contributed by atoms with Gasteiger partial charge in [-0.15, -0.1) is 0 Å². The monoisotopic (exact) mass is 207 g/mol. The van der Waals surface area contributed by atoms with Crippen LogP contribution in [0.2, 0.25) is 0 Å². The van der Waals surface area contributed by atoms with Crippen molar-refractivity contribution in [2.75, 3.05) is 6.51 Å². The van der Waals surface area contributed by atoms with Crippen LogP contribution in [0.15, 0.2) is 18.2 Å². The highest BCUT2D eigenvalue weighted by Gasteiger charge is 2.24. The lowest BCUT2D eigenvalue weighted by Crippen LogP contribution is -2.26. The highest BCUT2D eigenvalue weighted by Crippen LogP contribution is 2.20. The van der Waals surface area contributed by atoms with Crippen LogP contribution in [-0.4, -0.2) is 13.5 Å². The zero-order valence-electron chi connectivity index (χ0n) is 7.44. The Morgan fingerprint density at radius 2 is 1.93 bits per heavy atom. The third-order valence-electron chi connectivity index (χ3n) is 1.51. The third-order valence-corrected chi connectivity index (χ3v) is 1.51. The number of benzene rings is 1. The quantitative estimate of drug-likeness (QED) is 0.546. The van der Waals surface area contributed by atoms with E-state index in [1.807, 2.05) is 0 Å². The van der Waals surface area contributed by atoms with E-state index in [1.165, 1.54) is 12.1 Å². The predicted molar refractivity (Wildman–Crippen MR) is 45.7 cm³/mol. The molecule has 0 heterocycles. The fourth-order valence-electron chi connectivity index (χ4n) is 0.905. The normalized spacial score (nSPS) is 11.5. The maximum atomic E-state index is 12.9. The van der Waals surface area contributed by atoms with Crippen LogP contribution in [0.1, 0.15) is 5.56 Å². The summed E-state index contributed by atoms with van der Waals surface area (Å²) in [6.45, 7) is -4.82. The van der Waals surface area contributed by atoms with Crippen LogP contribution in [0.5, 0.6) is 5.75 Å². The van der Waals surface area contributed by atoms with Gasteiger partial charge in [-0.25, -0.2) is 4.39 Å². The highest BCUT2D eigenvalue weighted by molar-refractivity contribution is 6.58. The molecule has 1 aromatic rings. The van der Waals surface area contributed by atoms with Gasteiger partial charge in [0.2, 0.25) is 0 Å². The minimum Gasteiger partial charge on any atom is -0.519 e. The van der Waals surface area contributed by atoms with E-state index in [2.05, 4.69) is 4.74 Å². The third kappa shape index (κ3) is 3.28. The van der Waals surface area contributed by atoms with Crippen molar-refractivity contribution in [3.05, 3.63) is 29.6 Å². The molecular formula is C8H8BF4O-. The molecule has 0 saturated heterocycles. The topological polar surface area (TPSA) is 9.23 Å². The van der Waals surface area contributed by atoms with E-state index in [1.54, 1.807) is 6.92 Å². The second-order valence-electron chi connectivity index (χ2n) is 2.96. The van der Waals surface area contributed by atoms with Gasteiger partial charge in [0.05, 0.1) is 6.51 Å². The first-order chi connectivity index (χ1) is 6.38. The van der Waals surface area contributed by atoms with Gasteiger partial charge in [0.25, 0.3) is 0 Å². The van der Waals surface area contributed by atoms with E-state index in [0.29, 0.717) is 5.56 Å². The van der Waals surface area contributed by atoms with Gasteiger partial charge in [-0.05, 0) is 24.6 Å². The lowest BCUT2D eigenvalue weighted by molar-refractivity contribution is 0.301. The van der Waals surface area contributed by atoms with Gasteiger partial charge < -0.3 is 17.7 Å². The minimum absolute atomic E-state index is 0.357. The average Bonchev–Trinajstić information content (AvgIpc) is 2.05. The summed E-state index contributed by atoms with van der Waals surface area (Å²) in [6.07, 6.45) is 0. The van der Waals surface area contributed by atoms with Crippen LogP contribution in [0.3, 0.4) is 0 Å². The van der Waals surface area contributed by atoms with Crippen molar-refractivity contribution in [3.63, 3.8) is 0 Å². The van der Waals surface area contributed by atoms with Gasteiger partial charge >= 0.3 is 6.98 Å². The Labute approximate surface area is 78.7 Å². The van der Waals surface area contributed by atoms with E-state index in [-0.39, 0.29) is 5.75 Å². The van der Waals surface area contributed by atoms with Gasteiger partial charge in [-0.2, -0.15) is 0 Å². The summed E-state index contributed by atoms with van der Waals surface area (Å²) in [5.41, 5.74) is 0.649. The van der Waals surface area contributed by atoms with Crippen LogP contribution in [0, 0.1) is 12.7 Å². The van der Waals surface area contributed by atoms with Crippen molar-refractivity contribution < 1.29 is 22.1 Å². The first-order valence-electron chi connectivity index (χ1n) is 3.98. The Morgan fingerprint density at radius 1 is 1.29 bits per heavy atom. The molecular weight excluding hydrogens is 199 g/mol. The zero-order chi connectivity index (χ0) is 10.8. The van der Waals surface area contributed by atoms with Gasteiger partial charge in [0.1, 0.15) is 0 Å². The molecule has 0 aliphatic heterocycles. The van der Waals surface area contributed by atoms with E-state index >= 15 is 0 Å². The standard InChI is InChI=1S/C8H8BF4O/c1-6-2-3-7(10)8(4-6)14-5-9(11,12)13/h2-4H,5H2,1H3/q-1. The summed E-state index contributed by atoms with van der Waals surface area (Å²) in [5.74, 6) is -1.14. The number of halogens is 4. The molecule has 0 aliphatic carbocycles. The summed E-state index contributed by atoms with van der Waals surface area (Å²) in [7, 11) is 0. The number of aryl methyl sites for hydroxylation is 1. The molecule has 0 bridgehead atoms. The Balaban J connectivity index is 2.72. The van der Waals surface area contributed by atoms with E-state index in [4.69, 9.17) is 0 Å². The van der Waals surface area contributed by atoms with Gasteiger partial charge in [-0.3, -0.25) is 0 Å². The van der Waals surface area contributed by atoms with Crippen molar-refractivity contribution in [1.82, 2.24) is 0 Å². The zero-order valence-corrected chi connectivity index (χ0v) is 7.44. The molecule has 0 spiro atoms. The SMILES string of the molecule is Cc1ccc(F)c(OC[B-](F)(F)F)c1. The van der Waals surface area contributed by atoms with Crippen LogP contribution < -0.4 is 4.74 Å². The lowest BCUT2D eigenvalue weighted by atomic mass is 9.95. The predicted octanol–water partition coefficient (Wildman–Crippen LogP) is 2.90. The van der Waals surface area contributed by atoms with Crippen molar-refractivity contribution in [1.29, 1.82) is 0 Å². The molecule has 0 radical (unpaired) electrons. The number of hydrogen-bond acceptors (Lipinski definition) is 1.